The average molecular weight is 254 g/mol. The molecule has 0 saturated heterocycles. The summed E-state index contributed by atoms with van der Waals surface area (Å²) in [5.74, 6) is 0. The van der Waals surface area contributed by atoms with E-state index in [9.17, 15) is 5.11 Å². The van der Waals surface area contributed by atoms with Gasteiger partial charge < -0.3 is 9.53 Å². The molecule has 0 radical (unpaired) electrons. The first-order chi connectivity index (χ1) is 7.74. The summed E-state index contributed by atoms with van der Waals surface area (Å²) in [5.41, 5.74) is 0.561. The summed E-state index contributed by atoms with van der Waals surface area (Å²) in [6, 6.07) is 0. The summed E-state index contributed by atoms with van der Waals surface area (Å²) in [6.07, 6.45) is 4.04. The van der Waals surface area contributed by atoms with Crippen LogP contribution in [0.1, 0.15) is 32.6 Å². The van der Waals surface area contributed by atoms with Crippen molar-refractivity contribution >= 4 is 8.32 Å². The molecular weight excluding hydrogens is 232 g/mol. The van der Waals surface area contributed by atoms with Crippen LogP contribution in [0.3, 0.4) is 0 Å². The van der Waals surface area contributed by atoms with Gasteiger partial charge in [0.15, 0.2) is 8.32 Å². The van der Waals surface area contributed by atoms with E-state index in [0.29, 0.717) is 5.69 Å². The Bertz CT molecular complexity index is 349. The predicted octanol–water partition coefficient (Wildman–Crippen LogP) is 2.53. The molecule has 1 heterocycles. The Labute approximate surface area is 104 Å². The Morgan fingerprint density at radius 1 is 1.35 bits per heavy atom. The third-order valence-corrected chi connectivity index (χ3v) is 7.83. The first kappa shape index (κ1) is 14.3. The molecule has 96 valence electrons. The molecule has 0 aliphatic rings. The quantitative estimate of drug-likeness (QED) is 0.839. The van der Waals surface area contributed by atoms with E-state index in [2.05, 4.69) is 43.8 Å². The van der Waals surface area contributed by atoms with Crippen LogP contribution >= 0.6 is 0 Å². The van der Waals surface area contributed by atoms with Crippen molar-refractivity contribution in [2.45, 2.75) is 45.0 Å². The monoisotopic (exact) mass is 254 g/mol. The van der Waals surface area contributed by atoms with Gasteiger partial charge in [0.1, 0.15) is 6.10 Å². The molecule has 0 spiro atoms. The molecule has 1 aromatic heterocycles. The fourth-order valence-electron chi connectivity index (χ4n) is 1.07. The van der Waals surface area contributed by atoms with Crippen LogP contribution in [0.4, 0.5) is 0 Å². The molecule has 1 rings (SSSR count). The Hall–Kier alpha value is -0.783. The number of aliphatic hydroxyl groups is 1. The largest absolute Gasteiger partial charge is 0.414 e. The summed E-state index contributed by atoms with van der Waals surface area (Å²) >= 11 is 0. The molecule has 0 aromatic carbocycles. The number of rotatable bonds is 4. The van der Waals surface area contributed by atoms with Crippen LogP contribution in [-0.2, 0) is 4.43 Å². The Morgan fingerprint density at radius 3 is 2.47 bits per heavy atom. The van der Waals surface area contributed by atoms with Crippen LogP contribution in [0, 0.1) is 0 Å². The number of aliphatic hydroxyl groups excluding tert-OH is 1. The number of nitrogens with zero attached hydrogens (tertiary/aromatic N) is 2. The fourth-order valence-corrected chi connectivity index (χ4v) is 2.08. The van der Waals surface area contributed by atoms with Crippen molar-refractivity contribution in [3.8, 4) is 0 Å². The lowest BCUT2D eigenvalue weighted by molar-refractivity contribution is 0.0966. The maximum absolute atomic E-state index is 9.94. The highest BCUT2D eigenvalue weighted by atomic mass is 28.4. The molecule has 0 aliphatic heterocycles. The lowest BCUT2D eigenvalue weighted by Gasteiger charge is -2.36. The van der Waals surface area contributed by atoms with E-state index < -0.39 is 14.4 Å². The van der Waals surface area contributed by atoms with Crippen molar-refractivity contribution in [3.05, 3.63) is 24.3 Å². The maximum Gasteiger partial charge on any atom is 0.192 e. The van der Waals surface area contributed by atoms with Crippen molar-refractivity contribution in [1.82, 2.24) is 9.97 Å². The molecule has 0 fully saturated rings. The van der Waals surface area contributed by atoms with Crippen molar-refractivity contribution in [2.75, 3.05) is 6.61 Å². The molecule has 5 heteroatoms. The molecule has 1 unspecified atom stereocenters. The first-order valence-electron chi connectivity index (χ1n) is 5.82. The molecule has 1 aromatic rings. The lowest BCUT2D eigenvalue weighted by Crippen LogP contribution is -2.41. The second kappa shape index (κ2) is 5.24. The number of hydrogen-bond acceptors (Lipinski definition) is 4. The Morgan fingerprint density at radius 2 is 2.00 bits per heavy atom. The SMILES string of the molecule is CC(C)(C)[Si](C)(C)OCC(O)c1cnccn1. The van der Waals surface area contributed by atoms with Crippen molar-refractivity contribution in [2.24, 2.45) is 0 Å². The molecule has 0 amide bonds. The van der Waals surface area contributed by atoms with E-state index in [4.69, 9.17) is 4.43 Å². The van der Waals surface area contributed by atoms with Crippen LogP contribution in [-0.4, -0.2) is 30.0 Å². The number of aromatic nitrogens is 2. The minimum atomic E-state index is -1.81. The van der Waals surface area contributed by atoms with E-state index in [1.165, 1.54) is 0 Å². The highest BCUT2D eigenvalue weighted by Crippen LogP contribution is 2.36. The van der Waals surface area contributed by atoms with E-state index in [1.807, 2.05) is 0 Å². The summed E-state index contributed by atoms with van der Waals surface area (Å²) in [7, 11) is -1.81. The summed E-state index contributed by atoms with van der Waals surface area (Å²) in [6.45, 7) is 11.1. The van der Waals surface area contributed by atoms with E-state index in [-0.39, 0.29) is 11.6 Å². The van der Waals surface area contributed by atoms with Crippen molar-refractivity contribution in [3.63, 3.8) is 0 Å². The molecule has 1 atom stereocenters. The zero-order valence-electron chi connectivity index (χ0n) is 11.3. The standard InChI is InChI=1S/C12H22N2O2Si/c1-12(2,3)17(4,5)16-9-11(15)10-8-13-6-7-14-10/h6-8,11,15H,9H2,1-5H3. The third kappa shape index (κ3) is 3.87. The molecule has 4 nitrogen and oxygen atoms in total. The number of hydrogen-bond donors (Lipinski definition) is 1. The van der Waals surface area contributed by atoms with Gasteiger partial charge in [-0.05, 0) is 18.1 Å². The average Bonchev–Trinajstić information content (AvgIpc) is 2.25. The summed E-state index contributed by atoms with van der Waals surface area (Å²) < 4.78 is 5.93. The zero-order valence-corrected chi connectivity index (χ0v) is 12.3. The van der Waals surface area contributed by atoms with Gasteiger partial charge in [-0.3, -0.25) is 9.97 Å². The molecular formula is C12H22N2O2Si. The van der Waals surface area contributed by atoms with E-state index in [1.54, 1.807) is 18.6 Å². The first-order valence-corrected chi connectivity index (χ1v) is 8.73. The van der Waals surface area contributed by atoms with Gasteiger partial charge in [-0.25, -0.2) is 0 Å². The summed E-state index contributed by atoms with van der Waals surface area (Å²) in [4.78, 5) is 8.00. The van der Waals surface area contributed by atoms with Crippen LogP contribution in [0.2, 0.25) is 18.1 Å². The van der Waals surface area contributed by atoms with Gasteiger partial charge in [0.05, 0.1) is 18.5 Å². The van der Waals surface area contributed by atoms with Crippen LogP contribution in [0.5, 0.6) is 0 Å². The third-order valence-electron chi connectivity index (χ3n) is 3.33. The zero-order chi connectivity index (χ0) is 13.1. The van der Waals surface area contributed by atoms with Gasteiger partial charge in [-0.1, -0.05) is 20.8 Å². The van der Waals surface area contributed by atoms with Gasteiger partial charge in [0, 0.05) is 12.4 Å². The molecule has 0 aliphatic carbocycles. The van der Waals surface area contributed by atoms with Crippen LogP contribution in [0.15, 0.2) is 18.6 Å². The molecule has 0 bridgehead atoms. The van der Waals surface area contributed by atoms with E-state index in [0.717, 1.165) is 0 Å². The van der Waals surface area contributed by atoms with Gasteiger partial charge in [0.25, 0.3) is 0 Å². The van der Waals surface area contributed by atoms with E-state index >= 15 is 0 Å². The smallest absolute Gasteiger partial charge is 0.192 e. The highest BCUT2D eigenvalue weighted by Gasteiger charge is 2.37. The second-order valence-corrected chi connectivity index (χ2v) is 10.5. The Kier molecular flexibility index (Phi) is 4.40. The van der Waals surface area contributed by atoms with Gasteiger partial charge in [-0.2, -0.15) is 0 Å². The Balaban J connectivity index is 2.58. The van der Waals surface area contributed by atoms with Crippen molar-refractivity contribution in [1.29, 1.82) is 0 Å². The maximum atomic E-state index is 9.94. The van der Waals surface area contributed by atoms with Crippen LogP contribution < -0.4 is 0 Å². The topological polar surface area (TPSA) is 55.2 Å². The van der Waals surface area contributed by atoms with Crippen LogP contribution in [0.25, 0.3) is 0 Å². The van der Waals surface area contributed by atoms with Crippen molar-refractivity contribution < 1.29 is 9.53 Å². The molecule has 17 heavy (non-hydrogen) atoms. The lowest BCUT2D eigenvalue weighted by atomic mass is 10.2. The fraction of sp³-hybridized carbons (Fsp3) is 0.667. The highest BCUT2D eigenvalue weighted by molar-refractivity contribution is 6.74. The normalized spacial score (nSPS) is 14.7. The minimum Gasteiger partial charge on any atom is -0.414 e. The minimum absolute atomic E-state index is 0.148. The summed E-state index contributed by atoms with van der Waals surface area (Å²) in [5, 5.41) is 10.1. The van der Waals surface area contributed by atoms with Gasteiger partial charge >= 0.3 is 0 Å². The predicted molar refractivity (Wildman–Crippen MR) is 70.1 cm³/mol. The molecule has 1 N–H and O–H groups in total. The van der Waals surface area contributed by atoms with Gasteiger partial charge in [0.2, 0.25) is 0 Å². The van der Waals surface area contributed by atoms with Gasteiger partial charge in [-0.15, -0.1) is 0 Å². The second-order valence-electron chi connectivity index (χ2n) is 5.72. The molecule has 0 saturated carbocycles.